The summed E-state index contributed by atoms with van der Waals surface area (Å²) in [5, 5.41) is 4.77. The Hall–Kier alpha value is -2.51. The van der Waals surface area contributed by atoms with Crippen LogP contribution in [0.25, 0.3) is 11.4 Å². The van der Waals surface area contributed by atoms with Crippen LogP contribution < -0.4 is 4.74 Å². The van der Waals surface area contributed by atoms with E-state index in [1.807, 2.05) is 46.6 Å². The molecule has 7 heteroatoms. The van der Waals surface area contributed by atoms with Gasteiger partial charge in [-0.3, -0.25) is 9.47 Å². The molecule has 0 bridgehead atoms. The van der Waals surface area contributed by atoms with Gasteiger partial charge in [-0.1, -0.05) is 12.1 Å². The topological polar surface area (TPSA) is 35.2 Å². The number of benzene rings is 2. The van der Waals surface area contributed by atoms with E-state index in [0.717, 1.165) is 22.7 Å². The molecule has 0 aliphatic rings. The quantitative estimate of drug-likeness (QED) is 0.529. The smallest absolute Gasteiger partial charge is 0.199 e. The number of hydrogen-bond donors (Lipinski definition) is 0. The van der Waals surface area contributed by atoms with E-state index >= 15 is 0 Å². The second kappa shape index (κ2) is 8.67. The van der Waals surface area contributed by atoms with Crippen LogP contribution in [0.5, 0.6) is 5.75 Å². The lowest BCUT2D eigenvalue weighted by Crippen LogP contribution is -2.22. The molecule has 1 heterocycles. The van der Waals surface area contributed by atoms with Crippen molar-refractivity contribution in [1.29, 1.82) is 0 Å². The van der Waals surface area contributed by atoms with Gasteiger partial charge in [-0.15, -0.1) is 0 Å². The van der Waals surface area contributed by atoms with Crippen molar-refractivity contribution in [3.05, 3.63) is 64.7 Å². The molecule has 3 aromatic rings. The second-order valence-electron chi connectivity index (χ2n) is 7.08. The molecule has 148 valence electrons. The molecule has 0 aliphatic heterocycles. The number of halogens is 1. The van der Waals surface area contributed by atoms with Crippen molar-refractivity contribution in [3.8, 4) is 17.1 Å². The van der Waals surface area contributed by atoms with Crippen molar-refractivity contribution < 1.29 is 9.13 Å². The first-order chi connectivity index (χ1) is 13.4. The Balaban J connectivity index is 1.88. The number of methoxy groups -OCH3 is 1. The Morgan fingerprint density at radius 2 is 1.89 bits per heavy atom. The molecule has 0 aliphatic carbocycles. The van der Waals surface area contributed by atoms with Gasteiger partial charge in [-0.2, -0.15) is 5.10 Å². The standard InChI is InChI=1S/C21H25FN4OS/c1-15(2)26-20(17-8-10-19(27-4)11-9-17)23-25(21(26)28)14-24(3)13-16-6-5-7-18(22)12-16/h5-12,15H,13-14H2,1-4H3. The zero-order valence-electron chi connectivity index (χ0n) is 16.6. The van der Waals surface area contributed by atoms with E-state index in [1.54, 1.807) is 19.2 Å². The Kier molecular flexibility index (Phi) is 6.26. The molecule has 28 heavy (non-hydrogen) atoms. The highest BCUT2D eigenvalue weighted by Gasteiger charge is 2.16. The monoisotopic (exact) mass is 400 g/mol. The molecule has 0 atom stereocenters. The summed E-state index contributed by atoms with van der Waals surface area (Å²) in [6, 6.07) is 14.6. The van der Waals surface area contributed by atoms with E-state index in [9.17, 15) is 4.39 Å². The Morgan fingerprint density at radius 3 is 2.50 bits per heavy atom. The highest BCUT2D eigenvalue weighted by atomic mass is 32.1. The largest absolute Gasteiger partial charge is 0.497 e. The van der Waals surface area contributed by atoms with Crippen LogP contribution in [0.15, 0.2) is 48.5 Å². The third-order valence-corrected chi connectivity index (χ3v) is 4.86. The Morgan fingerprint density at radius 1 is 1.18 bits per heavy atom. The molecule has 5 nitrogen and oxygen atoms in total. The first-order valence-corrected chi connectivity index (χ1v) is 9.56. The van der Waals surface area contributed by atoms with E-state index in [1.165, 1.54) is 6.07 Å². The molecule has 0 N–H and O–H groups in total. The van der Waals surface area contributed by atoms with Crippen molar-refractivity contribution in [2.75, 3.05) is 14.2 Å². The number of rotatable bonds is 7. The fourth-order valence-electron chi connectivity index (χ4n) is 3.14. The van der Waals surface area contributed by atoms with Crippen molar-refractivity contribution in [1.82, 2.24) is 19.2 Å². The van der Waals surface area contributed by atoms with E-state index in [0.29, 0.717) is 18.0 Å². The first kappa shape index (κ1) is 20.2. The van der Waals surface area contributed by atoms with Gasteiger partial charge in [-0.25, -0.2) is 9.07 Å². The summed E-state index contributed by atoms with van der Waals surface area (Å²) < 4.78 is 23.2. The maximum Gasteiger partial charge on any atom is 0.199 e. The van der Waals surface area contributed by atoms with Gasteiger partial charge < -0.3 is 4.74 Å². The molecule has 0 unspecified atom stereocenters. The van der Waals surface area contributed by atoms with Crippen LogP contribution in [0.3, 0.4) is 0 Å². The van der Waals surface area contributed by atoms with Gasteiger partial charge in [0.05, 0.1) is 13.8 Å². The highest BCUT2D eigenvalue weighted by Crippen LogP contribution is 2.24. The summed E-state index contributed by atoms with van der Waals surface area (Å²) in [4.78, 5) is 2.06. The molecule has 0 spiro atoms. The fraction of sp³-hybridized carbons (Fsp3) is 0.333. The predicted octanol–water partition coefficient (Wildman–Crippen LogP) is 4.90. The first-order valence-electron chi connectivity index (χ1n) is 9.15. The third kappa shape index (κ3) is 4.48. The fourth-order valence-corrected chi connectivity index (χ4v) is 3.54. The summed E-state index contributed by atoms with van der Waals surface area (Å²) in [6.45, 7) is 5.29. The summed E-state index contributed by atoms with van der Waals surface area (Å²) in [5.74, 6) is 1.39. The number of aromatic nitrogens is 3. The molecular formula is C21H25FN4OS. The molecule has 3 rings (SSSR count). The van der Waals surface area contributed by atoms with Crippen LogP contribution in [0.2, 0.25) is 0 Å². The molecule has 0 amide bonds. The lowest BCUT2D eigenvalue weighted by molar-refractivity contribution is 0.243. The molecule has 0 fully saturated rings. The van der Waals surface area contributed by atoms with Gasteiger partial charge in [0, 0.05) is 18.2 Å². The summed E-state index contributed by atoms with van der Waals surface area (Å²) in [5.41, 5.74) is 1.89. The van der Waals surface area contributed by atoms with Gasteiger partial charge >= 0.3 is 0 Å². The van der Waals surface area contributed by atoms with E-state index in [-0.39, 0.29) is 11.9 Å². The number of nitrogens with zero attached hydrogens (tertiary/aromatic N) is 4. The highest BCUT2D eigenvalue weighted by molar-refractivity contribution is 7.71. The van der Waals surface area contributed by atoms with E-state index < -0.39 is 0 Å². The zero-order valence-corrected chi connectivity index (χ0v) is 17.4. The van der Waals surface area contributed by atoms with Crippen LogP contribution in [0, 0.1) is 10.6 Å². The average Bonchev–Trinajstić information content (AvgIpc) is 2.98. The van der Waals surface area contributed by atoms with Crippen molar-refractivity contribution in [2.45, 2.75) is 33.1 Å². The lowest BCUT2D eigenvalue weighted by atomic mass is 10.2. The van der Waals surface area contributed by atoms with Crippen LogP contribution in [-0.2, 0) is 13.2 Å². The summed E-state index contributed by atoms with van der Waals surface area (Å²) >= 11 is 5.69. The second-order valence-corrected chi connectivity index (χ2v) is 7.45. The van der Waals surface area contributed by atoms with Crippen LogP contribution in [0.1, 0.15) is 25.5 Å². The van der Waals surface area contributed by atoms with Gasteiger partial charge in [0.15, 0.2) is 10.6 Å². The lowest BCUT2D eigenvalue weighted by Gasteiger charge is -2.16. The minimum absolute atomic E-state index is 0.173. The molecule has 1 aromatic heterocycles. The van der Waals surface area contributed by atoms with Crippen LogP contribution in [-0.4, -0.2) is 33.4 Å². The summed E-state index contributed by atoms with van der Waals surface area (Å²) in [6.07, 6.45) is 0. The van der Waals surface area contributed by atoms with Crippen molar-refractivity contribution in [2.24, 2.45) is 0 Å². The average molecular weight is 401 g/mol. The number of hydrogen-bond acceptors (Lipinski definition) is 4. The Bertz CT molecular complexity index is 994. The molecule has 0 saturated carbocycles. The van der Waals surface area contributed by atoms with Gasteiger partial charge in [0.2, 0.25) is 0 Å². The Labute approximate surface area is 170 Å². The maximum atomic E-state index is 13.4. The SMILES string of the molecule is COc1ccc(-c2nn(CN(C)Cc3cccc(F)c3)c(=S)n2C(C)C)cc1. The van der Waals surface area contributed by atoms with E-state index in [4.69, 9.17) is 22.1 Å². The van der Waals surface area contributed by atoms with Gasteiger partial charge in [-0.05, 0) is 75.1 Å². The summed E-state index contributed by atoms with van der Waals surface area (Å²) in [7, 11) is 3.61. The normalized spacial score (nSPS) is 11.4. The predicted molar refractivity (Wildman–Crippen MR) is 111 cm³/mol. The van der Waals surface area contributed by atoms with Gasteiger partial charge in [0.1, 0.15) is 11.6 Å². The maximum absolute atomic E-state index is 13.4. The van der Waals surface area contributed by atoms with Crippen molar-refractivity contribution in [3.63, 3.8) is 0 Å². The molecular weight excluding hydrogens is 375 g/mol. The minimum Gasteiger partial charge on any atom is -0.497 e. The zero-order chi connectivity index (χ0) is 20.3. The molecule has 0 radical (unpaired) electrons. The third-order valence-electron chi connectivity index (χ3n) is 4.45. The van der Waals surface area contributed by atoms with Crippen molar-refractivity contribution >= 4 is 12.2 Å². The van der Waals surface area contributed by atoms with E-state index in [2.05, 4.69) is 18.7 Å². The van der Waals surface area contributed by atoms with Crippen LogP contribution >= 0.6 is 12.2 Å². The number of ether oxygens (including phenoxy) is 1. The van der Waals surface area contributed by atoms with Crippen LogP contribution in [0.4, 0.5) is 4.39 Å². The minimum atomic E-state index is -0.228. The molecule has 0 saturated heterocycles. The molecule has 2 aromatic carbocycles. The van der Waals surface area contributed by atoms with Gasteiger partial charge in [0.25, 0.3) is 0 Å².